The Morgan fingerprint density at radius 2 is 1.78 bits per heavy atom. The molecule has 2 aromatic carbocycles. The quantitative estimate of drug-likeness (QED) is 0.551. The van der Waals surface area contributed by atoms with Gasteiger partial charge in [-0.2, -0.15) is 0 Å². The zero-order chi connectivity index (χ0) is 16.5. The van der Waals surface area contributed by atoms with E-state index in [2.05, 4.69) is 0 Å². The van der Waals surface area contributed by atoms with Gasteiger partial charge >= 0.3 is 0 Å². The minimum Gasteiger partial charge on any atom is -0.373 e. The van der Waals surface area contributed by atoms with Crippen LogP contribution in [0.4, 0.5) is 0 Å². The molecular formula is C19H20O3S. The lowest BCUT2D eigenvalue weighted by Crippen LogP contribution is -2.08. The van der Waals surface area contributed by atoms with E-state index in [1.807, 2.05) is 49.4 Å². The molecule has 0 saturated carbocycles. The first-order valence-corrected chi connectivity index (χ1v) is 8.73. The second-order valence-electron chi connectivity index (χ2n) is 5.17. The van der Waals surface area contributed by atoms with Crippen LogP contribution in [0.2, 0.25) is 0 Å². The molecule has 0 amide bonds. The van der Waals surface area contributed by atoms with Gasteiger partial charge in [0, 0.05) is 4.90 Å². The van der Waals surface area contributed by atoms with E-state index >= 15 is 0 Å². The van der Waals surface area contributed by atoms with Crippen LogP contribution in [0, 0.1) is 6.92 Å². The van der Waals surface area contributed by atoms with Gasteiger partial charge in [0.25, 0.3) is 0 Å². The molecule has 120 valence electrons. The summed E-state index contributed by atoms with van der Waals surface area (Å²) in [5.41, 5.74) is 2.19. The Morgan fingerprint density at radius 1 is 1.09 bits per heavy atom. The Hall–Kier alpha value is -2.04. The van der Waals surface area contributed by atoms with Crippen LogP contribution in [-0.4, -0.2) is 22.4 Å². The Balaban J connectivity index is 1.71. The van der Waals surface area contributed by atoms with Gasteiger partial charge in [-0.25, -0.2) is 0 Å². The van der Waals surface area contributed by atoms with E-state index in [0.29, 0.717) is 18.1 Å². The lowest BCUT2D eigenvalue weighted by atomic mass is 10.2. The molecule has 2 aromatic rings. The maximum Gasteiger partial charge on any atom is 0.168 e. The number of carbonyl (C=O) groups is 1. The fourth-order valence-corrected chi connectivity index (χ4v) is 2.91. The van der Waals surface area contributed by atoms with Crippen molar-refractivity contribution in [3.8, 4) is 0 Å². The van der Waals surface area contributed by atoms with Gasteiger partial charge in [-0.05, 0) is 30.7 Å². The predicted molar refractivity (Wildman–Crippen MR) is 92.7 cm³/mol. The molecule has 0 aliphatic rings. The van der Waals surface area contributed by atoms with Crippen LogP contribution in [0.1, 0.15) is 11.1 Å². The fourth-order valence-electron chi connectivity index (χ4n) is 1.95. The minimum atomic E-state index is -1.30. The number of ether oxygens (including phenoxy) is 1. The van der Waals surface area contributed by atoms with Gasteiger partial charge in [0.05, 0.1) is 29.8 Å². The highest BCUT2D eigenvalue weighted by Gasteiger charge is 2.07. The Kier molecular flexibility index (Phi) is 6.91. The van der Waals surface area contributed by atoms with Crippen LogP contribution in [0.3, 0.4) is 0 Å². The number of allylic oxidation sites excluding steroid dienone is 1. The molecule has 0 aliphatic heterocycles. The van der Waals surface area contributed by atoms with Gasteiger partial charge in [0.15, 0.2) is 5.78 Å². The number of carbonyl (C=O) groups excluding carboxylic acids is 1. The smallest absolute Gasteiger partial charge is 0.168 e. The number of hydrogen-bond donors (Lipinski definition) is 0. The highest BCUT2D eigenvalue weighted by atomic mass is 32.2. The zero-order valence-corrected chi connectivity index (χ0v) is 13.9. The van der Waals surface area contributed by atoms with Crippen molar-refractivity contribution < 1.29 is 13.7 Å². The van der Waals surface area contributed by atoms with Crippen LogP contribution in [-0.2, 0) is 26.9 Å². The van der Waals surface area contributed by atoms with E-state index in [0.717, 1.165) is 11.1 Å². The first-order chi connectivity index (χ1) is 11.1. The summed E-state index contributed by atoms with van der Waals surface area (Å²) in [6.45, 7) is 2.84. The average molecular weight is 328 g/mol. The molecule has 0 aromatic heterocycles. The monoisotopic (exact) mass is 328 g/mol. The van der Waals surface area contributed by atoms with Crippen LogP contribution >= 0.6 is 0 Å². The van der Waals surface area contributed by atoms with E-state index in [9.17, 15) is 9.00 Å². The third-order valence-corrected chi connectivity index (χ3v) is 4.53. The third kappa shape index (κ3) is 6.30. The molecule has 0 N–H and O–H groups in total. The Labute approximate surface area is 139 Å². The molecule has 23 heavy (non-hydrogen) atoms. The molecule has 0 aliphatic carbocycles. The van der Waals surface area contributed by atoms with Crippen LogP contribution in [0.25, 0.3) is 0 Å². The molecule has 0 fully saturated rings. The van der Waals surface area contributed by atoms with Gasteiger partial charge in [-0.1, -0.05) is 54.1 Å². The van der Waals surface area contributed by atoms with Gasteiger partial charge < -0.3 is 4.74 Å². The van der Waals surface area contributed by atoms with Gasteiger partial charge in [0.2, 0.25) is 0 Å². The third-order valence-electron chi connectivity index (χ3n) is 3.19. The predicted octanol–water partition coefficient (Wildman–Crippen LogP) is 3.44. The molecule has 0 radical (unpaired) electrons. The molecule has 1 atom stereocenters. The van der Waals surface area contributed by atoms with E-state index in [-0.39, 0.29) is 11.5 Å². The molecule has 0 spiro atoms. The van der Waals surface area contributed by atoms with Crippen molar-refractivity contribution in [2.45, 2.75) is 18.4 Å². The Morgan fingerprint density at radius 3 is 2.48 bits per heavy atom. The van der Waals surface area contributed by atoms with Crippen LogP contribution in [0.5, 0.6) is 0 Å². The fraction of sp³-hybridized carbons (Fsp3) is 0.211. The van der Waals surface area contributed by atoms with Crippen LogP contribution < -0.4 is 0 Å². The van der Waals surface area contributed by atoms with Crippen molar-refractivity contribution in [1.29, 1.82) is 0 Å². The number of ketones is 1. The lowest BCUT2D eigenvalue weighted by Gasteiger charge is -2.01. The highest BCUT2D eigenvalue weighted by molar-refractivity contribution is 7.85. The first kappa shape index (κ1) is 17.3. The minimum absolute atomic E-state index is 0.00174. The van der Waals surface area contributed by atoms with Crippen molar-refractivity contribution >= 4 is 16.6 Å². The van der Waals surface area contributed by atoms with Crippen molar-refractivity contribution in [2.24, 2.45) is 0 Å². The molecule has 0 unspecified atom stereocenters. The van der Waals surface area contributed by atoms with Gasteiger partial charge in [-0.15, -0.1) is 0 Å². The summed E-state index contributed by atoms with van der Waals surface area (Å²) in [6.07, 6.45) is 3.11. The summed E-state index contributed by atoms with van der Waals surface area (Å²) in [4.78, 5) is 12.5. The normalized spacial score (nSPS) is 12.4. The number of benzene rings is 2. The maximum absolute atomic E-state index is 12.1. The second-order valence-corrected chi connectivity index (χ2v) is 6.62. The second kappa shape index (κ2) is 9.18. The summed E-state index contributed by atoms with van der Waals surface area (Å²) in [6, 6.07) is 17.2. The molecule has 4 heteroatoms. The summed E-state index contributed by atoms with van der Waals surface area (Å²) in [5, 5.41) is 0. The summed E-state index contributed by atoms with van der Waals surface area (Å²) >= 11 is 0. The first-order valence-electron chi connectivity index (χ1n) is 7.41. The van der Waals surface area contributed by atoms with Crippen molar-refractivity contribution in [2.75, 3.05) is 12.4 Å². The van der Waals surface area contributed by atoms with E-state index in [1.54, 1.807) is 18.2 Å². The largest absolute Gasteiger partial charge is 0.373 e. The number of rotatable bonds is 8. The summed E-state index contributed by atoms with van der Waals surface area (Å²) < 4.78 is 17.5. The van der Waals surface area contributed by atoms with E-state index in [1.165, 1.54) is 6.08 Å². The number of hydrogen-bond acceptors (Lipinski definition) is 3. The van der Waals surface area contributed by atoms with Crippen molar-refractivity contribution in [1.82, 2.24) is 0 Å². The molecule has 3 nitrogen and oxygen atoms in total. The zero-order valence-electron chi connectivity index (χ0n) is 13.1. The molecule has 0 saturated heterocycles. The average Bonchev–Trinajstić information content (AvgIpc) is 2.56. The SMILES string of the molecule is Cc1ccc([S@](=O)CC(=O)/C=C/COCc2ccccc2)cc1. The molecule has 0 bridgehead atoms. The number of aryl methyl sites for hydroxylation is 1. The lowest BCUT2D eigenvalue weighted by molar-refractivity contribution is -0.112. The molecular weight excluding hydrogens is 308 g/mol. The highest BCUT2D eigenvalue weighted by Crippen LogP contribution is 2.08. The molecule has 0 heterocycles. The Bertz CT molecular complexity index is 676. The van der Waals surface area contributed by atoms with Gasteiger partial charge in [-0.3, -0.25) is 9.00 Å². The summed E-state index contributed by atoms with van der Waals surface area (Å²) in [7, 11) is -1.30. The van der Waals surface area contributed by atoms with Crippen LogP contribution in [0.15, 0.2) is 71.6 Å². The van der Waals surface area contributed by atoms with E-state index < -0.39 is 10.8 Å². The van der Waals surface area contributed by atoms with Crippen molar-refractivity contribution in [3.05, 3.63) is 77.9 Å². The summed E-state index contributed by atoms with van der Waals surface area (Å²) in [5.74, 6) is -0.162. The van der Waals surface area contributed by atoms with E-state index in [4.69, 9.17) is 4.74 Å². The van der Waals surface area contributed by atoms with Gasteiger partial charge in [0.1, 0.15) is 0 Å². The van der Waals surface area contributed by atoms with Crippen molar-refractivity contribution in [3.63, 3.8) is 0 Å². The maximum atomic E-state index is 12.1. The molecule has 2 rings (SSSR count). The topological polar surface area (TPSA) is 43.4 Å². The standard InChI is InChI=1S/C19H20O3S/c1-16-9-11-19(12-10-16)23(21)15-18(20)8-5-13-22-14-17-6-3-2-4-7-17/h2-12H,13-15H2,1H3/b8-5+/t23-/m1/s1.